The van der Waals surface area contributed by atoms with E-state index in [0.717, 1.165) is 36.5 Å². The summed E-state index contributed by atoms with van der Waals surface area (Å²) in [6.45, 7) is 5.37. The fraction of sp³-hybridized carbons (Fsp3) is 0.474. The molecule has 6 heteroatoms. The normalized spacial score (nSPS) is 12.0. The molecule has 1 heterocycles. The Balaban J connectivity index is 1.71. The summed E-state index contributed by atoms with van der Waals surface area (Å²) in [6, 6.07) is 7.38. The molecule has 1 atom stereocenters. The van der Waals surface area contributed by atoms with Crippen molar-refractivity contribution in [2.45, 2.75) is 39.3 Å². The Morgan fingerprint density at radius 3 is 2.64 bits per heavy atom. The first-order valence-corrected chi connectivity index (χ1v) is 8.57. The second-order valence-corrected chi connectivity index (χ2v) is 6.21. The van der Waals surface area contributed by atoms with Crippen LogP contribution in [0.15, 0.2) is 36.7 Å². The number of aliphatic hydroxyl groups excluding tert-OH is 1. The van der Waals surface area contributed by atoms with Crippen LogP contribution in [0.2, 0.25) is 0 Å². The highest BCUT2D eigenvalue weighted by molar-refractivity contribution is 5.72. The Morgan fingerprint density at radius 1 is 1.32 bits per heavy atom. The zero-order valence-electron chi connectivity index (χ0n) is 15.2. The smallest absolute Gasteiger partial charge is 0.219 e. The molecule has 0 aliphatic carbocycles. The Kier molecular flexibility index (Phi) is 7.01. The molecule has 2 aromatic rings. The minimum absolute atomic E-state index is 0.0649. The van der Waals surface area contributed by atoms with Gasteiger partial charge in [0.15, 0.2) is 0 Å². The summed E-state index contributed by atoms with van der Waals surface area (Å²) in [7, 11) is 1.67. The number of carbonyl (C=O) groups is 1. The minimum atomic E-state index is -0.693. The summed E-state index contributed by atoms with van der Waals surface area (Å²) in [6.07, 6.45) is 5.11. The fourth-order valence-corrected chi connectivity index (χ4v) is 2.49. The van der Waals surface area contributed by atoms with Crippen molar-refractivity contribution in [3.8, 4) is 5.75 Å². The van der Waals surface area contributed by atoms with Crippen LogP contribution >= 0.6 is 0 Å². The molecule has 0 saturated carbocycles. The van der Waals surface area contributed by atoms with Crippen LogP contribution in [0.4, 0.5) is 0 Å². The summed E-state index contributed by atoms with van der Waals surface area (Å²) in [5, 5.41) is 10.1. The largest absolute Gasteiger partial charge is 0.494 e. The lowest BCUT2D eigenvalue weighted by Crippen LogP contribution is -2.28. The van der Waals surface area contributed by atoms with E-state index >= 15 is 0 Å². The number of rotatable bonds is 9. The number of likely N-dealkylation sites (N-methyl/N-ethyl adjacent to an activating group) is 1. The van der Waals surface area contributed by atoms with Crippen LogP contribution in [0, 0.1) is 6.92 Å². The molecule has 0 aliphatic heterocycles. The second-order valence-electron chi connectivity index (χ2n) is 6.21. The molecule has 0 unspecified atom stereocenters. The number of imidazole rings is 1. The lowest BCUT2D eigenvalue weighted by atomic mass is 10.1. The molecule has 136 valence electrons. The molecule has 0 spiro atoms. The van der Waals surface area contributed by atoms with Crippen molar-refractivity contribution in [3.05, 3.63) is 48.0 Å². The van der Waals surface area contributed by atoms with E-state index in [1.807, 2.05) is 43.6 Å². The van der Waals surface area contributed by atoms with Crippen molar-refractivity contribution in [3.63, 3.8) is 0 Å². The highest BCUT2D eigenvalue weighted by atomic mass is 16.5. The zero-order chi connectivity index (χ0) is 18.2. The number of aryl methyl sites for hydroxylation is 2. The van der Waals surface area contributed by atoms with Gasteiger partial charge in [-0.15, -0.1) is 0 Å². The van der Waals surface area contributed by atoms with Crippen molar-refractivity contribution < 1.29 is 14.6 Å². The molecule has 0 aliphatic rings. The molecule has 0 fully saturated rings. The first-order chi connectivity index (χ1) is 12.0. The number of aromatic nitrogens is 2. The van der Waals surface area contributed by atoms with Gasteiger partial charge in [0.25, 0.3) is 0 Å². The van der Waals surface area contributed by atoms with E-state index in [4.69, 9.17) is 4.74 Å². The first kappa shape index (κ1) is 19.0. The van der Waals surface area contributed by atoms with E-state index < -0.39 is 6.10 Å². The van der Waals surface area contributed by atoms with Gasteiger partial charge in [-0.05, 0) is 37.5 Å². The highest BCUT2D eigenvalue weighted by Gasteiger charge is 2.12. The summed E-state index contributed by atoms with van der Waals surface area (Å²) >= 11 is 0. The van der Waals surface area contributed by atoms with Gasteiger partial charge in [0.1, 0.15) is 11.6 Å². The maximum Gasteiger partial charge on any atom is 0.219 e. The lowest BCUT2D eigenvalue weighted by molar-refractivity contribution is -0.128. The lowest BCUT2D eigenvalue weighted by Gasteiger charge is -2.19. The van der Waals surface area contributed by atoms with Crippen molar-refractivity contribution in [2.24, 2.45) is 0 Å². The monoisotopic (exact) mass is 345 g/mol. The van der Waals surface area contributed by atoms with Gasteiger partial charge >= 0.3 is 0 Å². The number of hydrogen-bond donors (Lipinski definition) is 1. The maximum atomic E-state index is 11.2. The predicted octanol–water partition coefficient (Wildman–Crippen LogP) is 2.56. The average Bonchev–Trinajstić information content (AvgIpc) is 3.00. The molecular weight excluding hydrogens is 318 g/mol. The van der Waals surface area contributed by atoms with Gasteiger partial charge in [-0.3, -0.25) is 4.79 Å². The van der Waals surface area contributed by atoms with Crippen LogP contribution < -0.4 is 4.74 Å². The molecule has 0 radical (unpaired) electrons. The Bertz CT molecular complexity index is 667. The first-order valence-electron chi connectivity index (χ1n) is 8.57. The van der Waals surface area contributed by atoms with Gasteiger partial charge in [0.05, 0.1) is 19.3 Å². The van der Waals surface area contributed by atoms with E-state index in [1.165, 1.54) is 11.8 Å². The van der Waals surface area contributed by atoms with E-state index in [9.17, 15) is 9.90 Å². The third-order valence-electron chi connectivity index (χ3n) is 4.23. The number of nitrogens with zero attached hydrogens (tertiary/aromatic N) is 3. The van der Waals surface area contributed by atoms with Crippen molar-refractivity contribution in [1.29, 1.82) is 0 Å². The molecule has 1 aromatic carbocycles. The summed E-state index contributed by atoms with van der Waals surface area (Å²) in [5.74, 6) is 1.75. The molecule has 1 aromatic heterocycles. The maximum absolute atomic E-state index is 11.2. The van der Waals surface area contributed by atoms with Gasteiger partial charge in [-0.25, -0.2) is 4.98 Å². The quantitative estimate of drug-likeness (QED) is 0.709. The van der Waals surface area contributed by atoms with Gasteiger partial charge < -0.3 is 19.3 Å². The van der Waals surface area contributed by atoms with E-state index in [1.54, 1.807) is 7.05 Å². The molecule has 0 bridgehead atoms. The van der Waals surface area contributed by atoms with Crippen LogP contribution in [0.5, 0.6) is 5.75 Å². The molecule has 25 heavy (non-hydrogen) atoms. The molecule has 0 saturated heterocycles. The predicted molar refractivity (Wildman–Crippen MR) is 96.4 cm³/mol. The number of unbranched alkanes of at least 4 members (excludes halogenated alkanes) is 1. The van der Waals surface area contributed by atoms with Gasteiger partial charge in [-0.1, -0.05) is 12.1 Å². The van der Waals surface area contributed by atoms with Crippen LogP contribution in [0.3, 0.4) is 0 Å². The topological polar surface area (TPSA) is 67.6 Å². The number of carbonyl (C=O) groups excluding carboxylic acids is 1. The van der Waals surface area contributed by atoms with Gasteiger partial charge in [0, 0.05) is 32.9 Å². The van der Waals surface area contributed by atoms with Gasteiger partial charge in [0.2, 0.25) is 5.91 Å². The van der Waals surface area contributed by atoms with Crippen LogP contribution in [0.1, 0.15) is 37.3 Å². The molecule has 2 rings (SSSR count). The Hall–Kier alpha value is -2.34. The van der Waals surface area contributed by atoms with E-state index in [2.05, 4.69) is 9.55 Å². The standard InChI is InChI=1S/C19H27N3O3/c1-15-20-10-12-22(15)11-4-5-13-25-18-8-6-17(7-9-18)19(24)14-21(3)16(2)23/h6-10,12,19,24H,4-5,11,13-14H2,1-3H3/t19-/m0/s1. The third kappa shape index (κ3) is 5.90. The number of amides is 1. The number of aliphatic hydroxyl groups is 1. The van der Waals surface area contributed by atoms with E-state index in [0.29, 0.717) is 6.61 Å². The van der Waals surface area contributed by atoms with Crippen LogP contribution in [-0.4, -0.2) is 45.7 Å². The Morgan fingerprint density at radius 2 is 2.04 bits per heavy atom. The molecular formula is C19H27N3O3. The summed E-state index contributed by atoms with van der Waals surface area (Å²) in [5.41, 5.74) is 0.774. The molecule has 1 amide bonds. The summed E-state index contributed by atoms with van der Waals surface area (Å²) in [4.78, 5) is 16.9. The second kappa shape index (κ2) is 9.22. The van der Waals surface area contributed by atoms with Crippen molar-refractivity contribution in [1.82, 2.24) is 14.5 Å². The fourth-order valence-electron chi connectivity index (χ4n) is 2.49. The van der Waals surface area contributed by atoms with Crippen LogP contribution in [0.25, 0.3) is 0 Å². The number of ether oxygens (including phenoxy) is 1. The third-order valence-corrected chi connectivity index (χ3v) is 4.23. The molecule has 1 N–H and O–H groups in total. The number of benzene rings is 1. The Labute approximate surface area is 149 Å². The number of hydrogen-bond acceptors (Lipinski definition) is 4. The molecule has 6 nitrogen and oxygen atoms in total. The summed E-state index contributed by atoms with van der Waals surface area (Å²) < 4.78 is 7.87. The highest BCUT2D eigenvalue weighted by Crippen LogP contribution is 2.19. The van der Waals surface area contributed by atoms with Crippen LogP contribution in [-0.2, 0) is 11.3 Å². The van der Waals surface area contributed by atoms with Crippen molar-refractivity contribution >= 4 is 5.91 Å². The van der Waals surface area contributed by atoms with E-state index in [-0.39, 0.29) is 12.5 Å². The SMILES string of the molecule is CC(=O)N(C)C[C@H](O)c1ccc(OCCCCn2ccnc2C)cc1. The zero-order valence-corrected chi connectivity index (χ0v) is 15.2. The van der Waals surface area contributed by atoms with Crippen molar-refractivity contribution in [2.75, 3.05) is 20.2 Å². The average molecular weight is 345 g/mol. The van der Waals surface area contributed by atoms with Gasteiger partial charge in [-0.2, -0.15) is 0 Å². The minimum Gasteiger partial charge on any atom is -0.494 e.